The van der Waals surface area contributed by atoms with Crippen molar-refractivity contribution >= 4 is 17.3 Å². The van der Waals surface area contributed by atoms with Gasteiger partial charge in [0.25, 0.3) is 0 Å². The monoisotopic (exact) mass is 246 g/mol. The zero-order valence-electron chi connectivity index (χ0n) is 10.2. The van der Waals surface area contributed by atoms with Crippen molar-refractivity contribution in [2.24, 2.45) is 0 Å². The summed E-state index contributed by atoms with van der Waals surface area (Å²) < 4.78 is 12.8. The maximum atomic E-state index is 12.8. The largest absolute Gasteiger partial charge is 0.384 e. The molecular formula is C13H15FN4. The van der Waals surface area contributed by atoms with Gasteiger partial charge in [-0.1, -0.05) is 6.92 Å². The topological polar surface area (TPSA) is 63.8 Å². The first kappa shape index (κ1) is 12.3. The van der Waals surface area contributed by atoms with Crippen LogP contribution < -0.4 is 11.1 Å². The number of nitrogens with one attached hydrogen (secondary N) is 1. The van der Waals surface area contributed by atoms with Crippen LogP contribution in [-0.2, 0) is 6.42 Å². The second-order valence-corrected chi connectivity index (χ2v) is 3.98. The fourth-order valence-corrected chi connectivity index (χ4v) is 1.60. The third kappa shape index (κ3) is 3.16. The molecule has 0 aliphatic heterocycles. The molecule has 0 radical (unpaired) electrons. The molecule has 0 fully saturated rings. The number of nitrogens with two attached hydrogens (primary N) is 1. The van der Waals surface area contributed by atoms with Gasteiger partial charge in [-0.15, -0.1) is 0 Å². The lowest BCUT2D eigenvalue weighted by molar-refractivity contribution is 0.628. The minimum Gasteiger partial charge on any atom is -0.384 e. The molecule has 0 bridgehead atoms. The van der Waals surface area contributed by atoms with Crippen LogP contribution >= 0.6 is 0 Å². The van der Waals surface area contributed by atoms with E-state index in [4.69, 9.17) is 5.73 Å². The van der Waals surface area contributed by atoms with Crippen LogP contribution in [0.4, 0.5) is 21.7 Å². The van der Waals surface area contributed by atoms with Crippen molar-refractivity contribution in [1.82, 2.24) is 9.97 Å². The number of aryl methyl sites for hydroxylation is 1. The van der Waals surface area contributed by atoms with Crippen LogP contribution in [0, 0.1) is 5.82 Å². The number of hydrogen-bond acceptors (Lipinski definition) is 4. The molecule has 2 aromatic rings. The van der Waals surface area contributed by atoms with Gasteiger partial charge in [0.2, 0.25) is 0 Å². The highest BCUT2D eigenvalue weighted by Crippen LogP contribution is 2.17. The van der Waals surface area contributed by atoms with Crippen LogP contribution in [-0.4, -0.2) is 9.97 Å². The van der Waals surface area contributed by atoms with Crippen LogP contribution in [0.1, 0.15) is 19.2 Å². The highest BCUT2D eigenvalue weighted by atomic mass is 19.1. The Morgan fingerprint density at radius 3 is 2.61 bits per heavy atom. The van der Waals surface area contributed by atoms with Gasteiger partial charge in [-0.25, -0.2) is 14.4 Å². The van der Waals surface area contributed by atoms with E-state index in [2.05, 4.69) is 22.2 Å². The molecule has 0 amide bonds. The molecule has 0 saturated heterocycles. The summed E-state index contributed by atoms with van der Waals surface area (Å²) in [6, 6.07) is 7.72. The van der Waals surface area contributed by atoms with Gasteiger partial charge >= 0.3 is 0 Å². The number of benzene rings is 1. The Hall–Kier alpha value is -2.17. The minimum atomic E-state index is -0.269. The smallest absolute Gasteiger partial charge is 0.136 e. The average molecular weight is 246 g/mol. The molecule has 0 unspecified atom stereocenters. The Morgan fingerprint density at radius 1 is 1.22 bits per heavy atom. The minimum absolute atomic E-state index is 0.269. The van der Waals surface area contributed by atoms with Crippen LogP contribution in [0.15, 0.2) is 30.3 Å². The van der Waals surface area contributed by atoms with Crippen molar-refractivity contribution in [2.75, 3.05) is 11.1 Å². The Kier molecular flexibility index (Phi) is 3.72. The van der Waals surface area contributed by atoms with Gasteiger partial charge in [-0.05, 0) is 30.7 Å². The predicted octanol–water partition coefficient (Wildman–Crippen LogP) is 2.89. The summed E-state index contributed by atoms with van der Waals surface area (Å²) in [5, 5.41) is 3.07. The summed E-state index contributed by atoms with van der Waals surface area (Å²) in [7, 11) is 0. The van der Waals surface area contributed by atoms with E-state index in [0.717, 1.165) is 18.5 Å². The Bertz CT molecular complexity index is 525. The normalized spacial score (nSPS) is 10.3. The summed E-state index contributed by atoms with van der Waals surface area (Å²) in [4.78, 5) is 8.49. The van der Waals surface area contributed by atoms with Crippen LogP contribution in [0.25, 0.3) is 0 Å². The van der Waals surface area contributed by atoms with Gasteiger partial charge in [0.1, 0.15) is 23.3 Å². The molecular weight excluding hydrogens is 231 g/mol. The maximum absolute atomic E-state index is 12.8. The van der Waals surface area contributed by atoms with E-state index >= 15 is 0 Å². The zero-order chi connectivity index (χ0) is 13.0. The lowest BCUT2D eigenvalue weighted by Gasteiger charge is -2.08. The van der Waals surface area contributed by atoms with Crippen molar-refractivity contribution in [2.45, 2.75) is 19.8 Å². The van der Waals surface area contributed by atoms with E-state index in [1.807, 2.05) is 0 Å². The number of halogens is 1. The molecule has 1 aromatic carbocycles. The molecule has 0 atom stereocenters. The van der Waals surface area contributed by atoms with Crippen molar-refractivity contribution in [3.63, 3.8) is 0 Å². The second kappa shape index (κ2) is 5.44. The number of anilines is 3. The number of nitrogen functional groups attached to an aromatic ring is 1. The SMILES string of the molecule is CCCc1nc(N)cc(Nc2ccc(F)cc2)n1. The summed E-state index contributed by atoms with van der Waals surface area (Å²) in [6.07, 6.45) is 1.74. The molecule has 1 heterocycles. The first-order valence-electron chi connectivity index (χ1n) is 5.83. The van der Waals surface area contributed by atoms with E-state index in [-0.39, 0.29) is 5.82 Å². The first-order chi connectivity index (χ1) is 8.67. The lowest BCUT2D eigenvalue weighted by atomic mass is 10.3. The van der Waals surface area contributed by atoms with Gasteiger partial charge in [0.05, 0.1) is 0 Å². The van der Waals surface area contributed by atoms with Gasteiger partial charge < -0.3 is 11.1 Å². The van der Waals surface area contributed by atoms with Gasteiger partial charge in [0.15, 0.2) is 0 Å². The van der Waals surface area contributed by atoms with Crippen LogP contribution in [0.2, 0.25) is 0 Å². The summed E-state index contributed by atoms with van der Waals surface area (Å²) in [6.45, 7) is 2.06. The Morgan fingerprint density at radius 2 is 1.94 bits per heavy atom. The zero-order valence-corrected chi connectivity index (χ0v) is 10.2. The Labute approximate surface area is 105 Å². The fourth-order valence-electron chi connectivity index (χ4n) is 1.60. The number of aromatic nitrogens is 2. The van der Waals surface area contributed by atoms with Crippen molar-refractivity contribution in [3.8, 4) is 0 Å². The van der Waals surface area contributed by atoms with Gasteiger partial charge in [-0.3, -0.25) is 0 Å². The molecule has 0 saturated carbocycles. The molecule has 94 valence electrons. The highest BCUT2D eigenvalue weighted by Gasteiger charge is 2.02. The van der Waals surface area contributed by atoms with Crippen LogP contribution in [0.5, 0.6) is 0 Å². The number of nitrogens with zero attached hydrogens (tertiary/aromatic N) is 2. The molecule has 0 aliphatic rings. The average Bonchev–Trinajstić information content (AvgIpc) is 2.32. The summed E-state index contributed by atoms with van der Waals surface area (Å²) >= 11 is 0. The summed E-state index contributed by atoms with van der Waals surface area (Å²) in [5.74, 6) is 1.49. The number of rotatable bonds is 4. The Balaban J connectivity index is 2.20. The van der Waals surface area contributed by atoms with Gasteiger partial charge in [-0.2, -0.15) is 0 Å². The highest BCUT2D eigenvalue weighted by molar-refractivity contribution is 5.58. The standard InChI is InChI=1S/C13H15FN4/c1-2-3-12-17-11(15)8-13(18-12)16-10-6-4-9(14)5-7-10/h4-8H,2-3H2,1H3,(H3,15,16,17,18). The van der Waals surface area contributed by atoms with Crippen molar-refractivity contribution in [1.29, 1.82) is 0 Å². The third-order valence-corrected chi connectivity index (χ3v) is 2.38. The van der Waals surface area contributed by atoms with Crippen LogP contribution in [0.3, 0.4) is 0 Å². The van der Waals surface area contributed by atoms with E-state index < -0.39 is 0 Å². The third-order valence-electron chi connectivity index (χ3n) is 2.38. The molecule has 1 aromatic heterocycles. The molecule has 2 rings (SSSR count). The first-order valence-corrected chi connectivity index (χ1v) is 5.83. The quantitative estimate of drug-likeness (QED) is 0.870. The summed E-state index contributed by atoms with van der Waals surface area (Å²) in [5.41, 5.74) is 6.48. The van der Waals surface area contributed by atoms with Crippen molar-refractivity contribution in [3.05, 3.63) is 42.0 Å². The maximum Gasteiger partial charge on any atom is 0.136 e. The van der Waals surface area contributed by atoms with E-state index in [0.29, 0.717) is 17.5 Å². The molecule has 0 aliphatic carbocycles. The predicted molar refractivity (Wildman–Crippen MR) is 70.1 cm³/mol. The van der Waals surface area contributed by atoms with Gasteiger partial charge in [0, 0.05) is 18.2 Å². The molecule has 18 heavy (non-hydrogen) atoms. The van der Waals surface area contributed by atoms with E-state index in [1.165, 1.54) is 12.1 Å². The van der Waals surface area contributed by atoms with Crippen molar-refractivity contribution < 1.29 is 4.39 Å². The van der Waals surface area contributed by atoms with E-state index in [9.17, 15) is 4.39 Å². The lowest BCUT2D eigenvalue weighted by Crippen LogP contribution is -2.03. The molecule has 3 N–H and O–H groups in total. The molecule has 4 nitrogen and oxygen atoms in total. The molecule has 0 spiro atoms. The fraction of sp³-hybridized carbons (Fsp3) is 0.231. The van der Waals surface area contributed by atoms with E-state index in [1.54, 1.807) is 18.2 Å². The molecule has 5 heteroatoms. The second-order valence-electron chi connectivity index (χ2n) is 3.98. The number of hydrogen-bond donors (Lipinski definition) is 2.